The highest BCUT2D eigenvalue weighted by atomic mass is 16.1. The lowest BCUT2D eigenvalue weighted by Crippen LogP contribution is -2.24. The molecule has 1 N–H and O–H groups in total. The second-order valence-corrected chi connectivity index (χ2v) is 2.50. The number of carbonyl (C=O) groups is 2. The van der Waals surface area contributed by atoms with Gasteiger partial charge in [0.2, 0.25) is 6.41 Å². The van der Waals surface area contributed by atoms with Gasteiger partial charge < -0.3 is 10.1 Å². The summed E-state index contributed by atoms with van der Waals surface area (Å²) in [5.41, 5.74) is 0. The highest BCUT2D eigenvalue weighted by Crippen LogP contribution is 2.05. The van der Waals surface area contributed by atoms with E-state index in [4.69, 9.17) is 0 Å². The van der Waals surface area contributed by atoms with E-state index in [0.717, 1.165) is 6.29 Å². The number of hydrogen-bond acceptors (Lipinski definition) is 2. The molecule has 0 radical (unpaired) electrons. The molecule has 1 amide bonds. The predicted octanol–water partition coefficient (Wildman–Crippen LogP) is 0.203. The number of amides is 1. The summed E-state index contributed by atoms with van der Waals surface area (Å²) in [6.45, 7) is 4.34. The van der Waals surface area contributed by atoms with Crippen molar-refractivity contribution in [2.24, 2.45) is 11.8 Å². The van der Waals surface area contributed by atoms with Crippen LogP contribution in [0.5, 0.6) is 0 Å². The first kappa shape index (κ1) is 9.14. The van der Waals surface area contributed by atoms with Crippen molar-refractivity contribution in [2.45, 2.75) is 13.8 Å². The van der Waals surface area contributed by atoms with Gasteiger partial charge in [-0.3, -0.25) is 4.79 Å². The van der Waals surface area contributed by atoms with Crippen LogP contribution in [-0.4, -0.2) is 19.2 Å². The van der Waals surface area contributed by atoms with Crippen molar-refractivity contribution in [3.8, 4) is 0 Å². The van der Waals surface area contributed by atoms with Crippen LogP contribution >= 0.6 is 0 Å². The molecule has 2 unspecified atom stereocenters. The average Bonchev–Trinajstić information content (AvgIpc) is 1.98. The molecule has 0 spiro atoms. The highest BCUT2D eigenvalue weighted by Gasteiger charge is 2.09. The number of carbonyl (C=O) groups excluding carboxylic acids is 2. The highest BCUT2D eigenvalue weighted by molar-refractivity contribution is 5.53. The fourth-order valence-corrected chi connectivity index (χ4v) is 0.554. The second-order valence-electron chi connectivity index (χ2n) is 2.50. The summed E-state index contributed by atoms with van der Waals surface area (Å²) in [4.78, 5) is 20.0. The Morgan fingerprint density at radius 2 is 2.00 bits per heavy atom. The summed E-state index contributed by atoms with van der Waals surface area (Å²) < 4.78 is 0. The lowest BCUT2D eigenvalue weighted by atomic mass is 9.98. The first-order valence-corrected chi connectivity index (χ1v) is 3.34. The molecule has 58 valence electrons. The van der Waals surface area contributed by atoms with Gasteiger partial charge in [-0.15, -0.1) is 0 Å². The Morgan fingerprint density at radius 3 is 2.40 bits per heavy atom. The quantitative estimate of drug-likeness (QED) is 0.559. The largest absolute Gasteiger partial charge is 0.358 e. The van der Waals surface area contributed by atoms with Gasteiger partial charge in [-0.25, -0.2) is 0 Å². The number of aldehydes is 1. The van der Waals surface area contributed by atoms with Crippen molar-refractivity contribution in [1.82, 2.24) is 5.32 Å². The van der Waals surface area contributed by atoms with E-state index >= 15 is 0 Å². The summed E-state index contributed by atoms with van der Waals surface area (Å²) in [5, 5.41) is 2.52. The molecule has 0 saturated carbocycles. The van der Waals surface area contributed by atoms with E-state index in [-0.39, 0.29) is 11.8 Å². The van der Waals surface area contributed by atoms with E-state index in [1.807, 2.05) is 13.8 Å². The van der Waals surface area contributed by atoms with E-state index in [9.17, 15) is 9.59 Å². The van der Waals surface area contributed by atoms with Crippen LogP contribution in [0.3, 0.4) is 0 Å². The van der Waals surface area contributed by atoms with Crippen LogP contribution in [0.25, 0.3) is 0 Å². The van der Waals surface area contributed by atoms with Gasteiger partial charge >= 0.3 is 0 Å². The van der Waals surface area contributed by atoms with Gasteiger partial charge in [0, 0.05) is 12.5 Å². The zero-order chi connectivity index (χ0) is 7.98. The van der Waals surface area contributed by atoms with Crippen LogP contribution in [0.15, 0.2) is 0 Å². The molecule has 0 heterocycles. The molecule has 0 aromatic carbocycles. The van der Waals surface area contributed by atoms with Crippen LogP contribution in [0.2, 0.25) is 0 Å². The van der Waals surface area contributed by atoms with E-state index in [1.165, 1.54) is 0 Å². The molecule has 3 heteroatoms. The van der Waals surface area contributed by atoms with Crippen LogP contribution < -0.4 is 5.32 Å². The van der Waals surface area contributed by atoms with Gasteiger partial charge in [-0.05, 0) is 5.92 Å². The Balaban J connectivity index is 3.49. The Morgan fingerprint density at radius 1 is 1.40 bits per heavy atom. The average molecular weight is 143 g/mol. The lowest BCUT2D eigenvalue weighted by molar-refractivity contribution is -0.113. The molecule has 0 aliphatic carbocycles. The lowest BCUT2D eigenvalue weighted by Gasteiger charge is -2.12. The second kappa shape index (κ2) is 4.97. The van der Waals surface area contributed by atoms with Crippen LogP contribution in [0, 0.1) is 11.8 Å². The smallest absolute Gasteiger partial charge is 0.207 e. The predicted molar refractivity (Wildman–Crippen MR) is 38.5 cm³/mol. The van der Waals surface area contributed by atoms with Gasteiger partial charge in [0.25, 0.3) is 0 Å². The summed E-state index contributed by atoms with van der Waals surface area (Å²) in [6, 6.07) is 0. The first-order chi connectivity index (χ1) is 4.72. The third-order valence-corrected chi connectivity index (χ3v) is 1.64. The zero-order valence-electron chi connectivity index (χ0n) is 6.33. The molecular weight excluding hydrogens is 130 g/mol. The number of nitrogens with one attached hydrogen (secondary N) is 1. The van der Waals surface area contributed by atoms with E-state index in [0.29, 0.717) is 13.0 Å². The molecule has 0 rings (SSSR count). The van der Waals surface area contributed by atoms with Crippen molar-refractivity contribution in [1.29, 1.82) is 0 Å². The maximum atomic E-state index is 10.2. The van der Waals surface area contributed by atoms with Gasteiger partial charge in [0.05, 0.1) is 0 Å². The molecule has 0 fully saturated rings. The molecule has 10 heavy (non-hydrogen) atoms. The van der Waals surface area contributed by atoms with Crippen molar-refractivity contribution in [3.05, 3.63) is 0 Å². The summed E-state index contributed by atoms with van der Waals surface area (Å²) in [7, 11) is 0. The molecule has 0 bridgehead atoms. The molecular formula is C7H13NO2. The molecule has 3 nitrogen and oxygen atoms in total. The summed E-state index contributed by atoms with van der Waals surface area (Å²) >= 11 is 0. The minimum Gasteiger partial charge on any atom is -0.358 e. The first-order valence-electron chi connectivity index (χ1n) is 3.34. The van der Waals surface area contributed by atoms with Gasteiger partial charge in [-0.2, -0.15) is 0 Å². The SMILES string of the molecule is CC(C=O)C(C)CNC=O. The fourth-order valence-electron chi connectivity index (χ4n) is 0.554. The standard InChI is InChI=1S/C7H13NO2/c1-6(3-8-5-10)7(2)4-9/h4-7H,3H2,1-2H3,(H,8,10). The zero-order valence-corrected chi connectivity index (χ0v) is 6.33. The maximum Gasteiger partial charge on any atom is 0.207 e. The third kappa shape index (κ3) is 3.22. The molecule has 0 aliphatic rings. The van der Waals surface area contributed by atoms with Gasteiger partial charge in [0.1, 0.15) is 6.29 Å². The van der Waals surface area contributed by atoms with Crippen molar-refractivity contribution < 1.29 is 9.59 Å². The Bertz CT molecular complexity index is 114. The normalized spacial score (nSPS) is 15.4. The topological polar surface area (TPSA) is 46.2 Å². The molecule has 0 aliphatic heterocycles. The summed E-state index contributed by atoms with van der Waals surface area (Å²) in [6.07, 6.45) is 1.55. The Kier molecular flexibility index (Phi) is 4.54. The molecule has 0 aromatic heterocycles. The Labute approximate surface area is 60.8 Å². The van der Waals surface area contributed by atoms with Gasteiger partial charge in [-0.1, -0.05) is 13.8 Å². The number of rotatable bonds is 5. The fraction of sp³-hybridized carbons (Fsp3) is 0.714. The van der Waals surface area contributed by atoms with Crippen LogP contribution in [0.4, 0.5) is 0 Å². The van der Waals surface area contributed by atoms with E-state index in [2.05, 4.69) is 5.32 Å². The van der Waals surface area contributed by atoms with Crippen molar-refractivity contribution in [2.75, 3.05) is 6.54 Å². The van der Waals surface area contributed by atoms with Crippen LogP contribution in [-0.2, 0) is 9.59 Å². The third-order valence-electron chi connectivity index (χ3n) is 1.64. The maximum absolute atomic E-state index is 10.2. The Hall–Kier alpha value is -0.860. The van der Waals surface area contributed by atoms with Crippen molar-refractivity contribution in [3.63, 3.8) is 0 Å². The number of hydrogen-bond donors (Lipinski definition) is 1. The van der Waals surface area contributed by atoms with Crippen LogP contribution in [0.1, 0.15) is 13.8 Å². The van der Waals surface area contributed by atoms with E-state index in [1.54, 1.807) is 0 Å². The minimum atomic E-state index is 0.0208. The minimum absolute atomic E-state index is 0.0208. The van der Waals surface area contributed by atoms with E-state index < -0.39 is 0 Å². The molecule has 2 atom stereocenters. The monoisotopic (exact) mass is 143 g/mol. The van der Waals surface area contributed by atoms with Gasteiger partial charge in [0.15, 0.2) is 0 Å². The van der Waals surface area contributed by atoms with Crippen molar-refractivity contribution >= 4 is 12.7 Å². The molecule has 0 aromatic rings. The summed E-state index contributed by atoms with van der Waals surface area (Å²) in [5.74, 6) is 0.246. The molecule has 0 saturated heterocycles.